The van der Waals surface area contributed by atoms with Crippen molar-refractivity contribution in [3.8, 4) is 0 Å². The Morgan fingerprint density at radius 2 is 2.08 bits per heavy atom. The molecule has 0 spiro atoms. The van der Waals surface area contributed by atoms with Crippen molar-refractivity contribution in [1.82, 2.24) is 15.4 Å². The Balaban J connectivity index is 1.81. The van der Waals surface area contributed by atoms with Gasteiger partial charge in [0.2, 0.25) is 15.9 Å². The van der Waals surface area contributed by atoms with Gasteiger partial charge in [0.25, 0.3) is 0 Å². The molecule has 8 heteroatoms. The summed E-state index contributed by atoms with van der Waals surface area (Å²) in [6, 6.07) is 6.61. The number of carbonyl (C=O) groups is 1. The van der Waals surface area contributed by atoms with Gasteiger partial charge in [0.1, 0.15) is 0 Å². The fraction of sp³-hybridized carbons (Fsp3) is 0.611. The number of nitrogens with one attached hydrogen (secondary N) is 3. The molecular formula is C18H29N3O4S. The number of amides is 1. The first kappa shape index (κ1) is 20.8. The van der Waals surface area contributed by atoms with Crippen LogP contribution in [0.2, 0.25) is 0 Å². The van der Waals surface area contributed by atoms with E-state index in [0.29, 0.717) is 25.5 Å². The Kier molecular flexibility index (Phi) is 8.50. The molecule has 1 aromatic carbocycles. The van der Waals surface area contributed by atoms with Crippen LogP contribution >= 0.6 is 0 Å². The lowest BCUT2D eigenvalue weighted by molar-refractivity contribution is -0.121. The van der Waals surface area contributed by atoms with Crippen LogP contribution in [-0.2, 0) is 26.1 Å². The molecule has 1 saturated heterocycles. The van der Waals surface area contributed by atoms with Gasteiger partial charge in [-0.05, 0) is 56.0 Å². The van der Waals surface area contributed by atoms with E-state index < -0.39 is 10.0 Å². The SMILES string of the molecule is COCCNS(=O)(=O)c1cccc(CNC(=O)CCC2CCNCC2)c1. The molecule has 1 aliphatic rings. The van der Waals surface area contributed by atoms with Gasteiger partial charge in [0.15, 0.2) is 0 Å². The lowest BCUT2D eigenvalue weighted by atomic mass is 9.93. The summed E-state index contributed by atoms with van der Waals surface area (Å²) in [4.78, 5) is 12.2. The second kappa shape index (κ2) is 10.6. The van der Waals surface area contributed by atoms with E-state index in [1.165, 1.54) is 13.2 Å². The zero-order valence-electron chi connectivity index (χ0n) is 15.3. The summed E-state index contributed by atoms with van der Waals surface area (Å²) >= 11 is 0. The molecule has 0 aromatic heterocycles. The standard InChI is InChI=1S/C18H29N3O4S/c1-25-12-11-21-26(23,24)17-4-2-3-16(13-17)14-20-18(22)6-5-15-7-9-19-10-8-15/h2-4,13,15,19,21H,5-12,14H2,1H3,(H,20,22). The molecule has 0 atom stereocenters. The van der Waals surface area contributed by atoms with Gasteiger partial charge in [0, 0.05) is 26.6 Å². The van der Waals surface area contributed by atoms with Crippen molar-refractivity contribution in [2.75, 3.05) is 33.4 Å². The molecule has 0 radical (unpaired) electrons. The fourth-order valence-corrected chi connectivity index (χ4v) is 4.06. The monoisotopic (exact) mass is 383 g/mol. The number of piperidine rings is 1. The Bertz CT molecular complexity index is 673. The van der Waals surface area contributed by atoms with Gasteiger partial charge in [0.05, 0.1) is 11.5 Å². The average molecular weight is 384 g/mol. The lowest BCUT2D eigenvalue weighted by Crippen LogP contribution is -2.29. The average Bonchev–Trinajstić information content (AvgIpc) is 2.66. The summed E-state index contributed by atoms with van der Waals surface area (Å²) in [5.41, 5.74) is 0.759. The summed E-state index contributed by atoms with van der Waals surface area (Å²) in [5.74, 6) is 0.628. The smallest absolute Gasteiger partial charge is 0.240 e. The summed E-state index contributed by atoms with van der Waals surface area (Å²) in [6.45, 7) is 2.92. The van der Waals surface area contributed by atoms with Crippen molar-refractivity contribution in [3.63, 3.8) is 0 Å². The van der Waals surface area contributed by atoms with E-state index in [0.717, 1.165) is 37.9 Å². The molecule has 0 aliphatic carbocycles. The molecule has 0 bridgehead atoms. The molecule has 1 aromatic rings. The second-order valence-electron chi connectivity index (χ2n) is 6.55. The normalized spacial score (nSPS) is 15.7. The first-order chi connectivity index (χ1) is 12.5. The van der Waals surface area contributed by atoms with E-state index in [9.17, 15) is 13.2 Å². The molecule has 2 rings (SSSR count). The Labute approximate surface area is 155 Å². The minimum absolute atomic E-state index is 0.00927. The summed E-state index contributed by atoms with van der Waals surface area (Å²) < 4.78 is 31.8. The molecule has 3 N–H and O–H groups in total. The van der Waals surface area contributed by atoms with Gasteiger partial charge < -0.3 is 15.4 Å². The molecule has 1 amide bonds. The van der Waals surface area contributed by atoms with Crippen molar-refractivity contribution < 1.29 is 17.9 Å². The van der Waals surface area contributed by atoms with Crippen LogP contribution in [0.25, 0.3) is 0 Å². The summed E-state index contributed by atoms with van der Waals surface area (Å²) in [7, 11) is -2.05. The molecule has 1 fully saturated rings. The van der Waals surface area contributed by atoms with Gasteiger partial charge >= 0.3 is 0 Å². The van der Waals surface area contributed by atoms with Gasteiger partial charge in [-0.2, -0.15) is 0 Å². The van der Waals surface area contributed by atoms with Crippen LogP contribution in [0.5, 0.6) is 0 Å². The number of sulfonamides is 1. The second-order valence-corrected chi connectivity index (χ2v) is 8.31. The first-order valence-corrected chi connectivity index (χ1v) is 10.5. The predicted molar refractivity (Wildman–Crippen MR) is 100 cm³/mol. The predicted octanol–water partition coefficient (Wildman–Crippen LogP) is 1.01. The van der Waals surface area contributed by atoms with Crippen LogP contribution in [0.1, 0.15) is 31.2 Å². The van der Waals surface area contributed by atoms with Crippen LogP contribution < -0.4 is 15.4 Å². The zero-order valence-corrected chi connectivity index (χ0v) is 16.1. The van der Waals surface area contributed by atoms with Gasteiger partial charge in [-0.25, -0.2) is 13.1 Å². The largest absolute Gasteiger partial charge is 0.383 e. The number of hydrogen-bond acceptors (Lipinski definition) is 5. The highest BCUT2D eigenvalue weighted by atomic mass is 32.2. The third-order valence-electron chi connectivity index (χ3n) is 4.54. The number of methoxy groups -OCH3 is 1. The highest BCUT2D eigenvalue weighted by Gasteiger charge is 2.15. The van der Waals surface area contributed by atoms with Crippen LogP contribution in [0.4, 0.5) is 0 Å². The van der Waals surface area contributed by atoms with E-state index >= 15 is 0 Å². The maximum absolute atomic E-state index is 12.2. The molecule has 26 heavy (non-hydrogen) atoms. The van der Waals surface area contributed by atoms with E-state index in [2.05, 4.69) is 15.4 Å². The fourth-order valence-electron chi connectivity index (χ4n) is 2.98. The number of hydrogen-bond donors (Lipinski definition) is 3. The Morgan fingerprint density at radius 1 is 1.31 bits per heavy atom. The molecule has 146 valence electrons. The quantitative estimate of drug-likeness (QED) is 0.524. The van der Waals surface area contributed by atoms with Crippen LogP contribution in [-0.4, -0.2) is 47.7 Å². The maximum Gasteiger partial charge on any atom is 0.240 e. The van der Waals surface area contributed by atoms with E-state index in [1.807, 2.05) is 0 Å². The molecule has 1 aliphatic heterocycles. The third-order valence-corrected chi connectivity index (χ3v) is 5.99. The zero-order chi connectivity index (χ0) is 18.8. The van der Waals surface area contributed by atoms with Crippen molar-refractivity contribution in [1.29, 1.82) is 0 Å². The number of ether oxygens (including phenoxy) is 1. The maximum atomic E-state index is 12.2. The molecule has 0 unspecified atom stereocenters. The highest BCUT2D eigenvalue weighted by molar-refractivity contribution is 7.89. The Hall–Kier alpha value is -1.48. The van der Waals surface area contributed by atoms with Gasteiger partial charge in [-0.3, -0.25) is 4.79 Å². The van der Waals surface area contributed by atoms with Crippen molar-refractivity contribution in [2.45, 2.75) is 37.1 Å². The Morgan fingerprint density at radius 3 is 2.81 bits per heavy atom. The van der Waals surface area contributed by atoms with Crippen LogP contribution in [0, 0.1) is 5.92 Å². The number of carbonyl (C=O) groups excluding carboxylic acids is 1. The minimum atomic E-state index is -3.57. The van der Waals surface area contributed by atoms with Crippen LogP contribution in [0.3, 0.4) is 0 Å². The summed E-state index contributed by atoms with van der Waals surface area (Å²) in [5, 5.41) is 6.20. The van der Waals surface area contributed by atoms with E-state index in [1.54, 1.807) is 18.2 Å². The van der Waals surface area contributed by atoms with Gasteiger partial charge in [-0.15, -0.1) is 0 Å². The van der Waals surface area contributed by atoms with Crippen molar-refractivity contribution in [2.24, 2.45) is 5.92 Å². The van der Waals surface area contributed by atoms with Crippen molar-refractivity contribution >= 4 is 15.9 Å². The van der Waals surface area contributed by atoms with Gasteiger partial charge in [-0.1, -0.05) is 12.1 Å². The molecule has 0 saturated carbocycles. The van der Waals surface area contributed by atoms with E-state index in [4.69, 9.17) is 4.74 Å². The first-order valence-electron chi connectivity index (χ1n) is 9.06. The minimum Gasteiger partial charge on any atom is -0.383 e. The van der Waals surface area contributed by atoms with E-state index in [-0.39, 0.29) is 17.3 Å². The van der Waals surface area contributed by atoms with Crippen LogP contribution in [0.15, 0.2) is 29.2 Å². The number of benzene rings is 1. The highest BCUT2D eigenvalue weighted by Crippen LogP contribution is 2.17. The molecule has 1 heterocycles. The van der Waals surface area contributed by atoms with Crippen molar-refractivity contribution in [3.05, 3.63) is 29.8 Å². The number of rotatable bonds is 10. The third kappa shape index (κ3) is 7.03. The summed E-state index contributed by atoms with van der Waals surface area (Å²) in [6.07, 6.45) is 3.68. The topological polar surface area (TPSA) is 96.5 Å². The molecular weight excluding hydrogens is 354 g/mol. The molecule has 7 nitrogen and oxygen atoms in total. The lowest BCUT2D eigenvalue weighted by Gasteiger charge is -2.22.